The molecule has 1 saturated carbocycles. The second-order valence-electron chi connectivity index (χ2n) is 4.31. The van der Waals surface area contributed by atoms with Crippen molar-refractivity contribution in [1.82, 2.24) is 5.32 Å². The Morgan fingerprint density at radius 1 is 1.46 bits per heavy atom. The van der Waals surface area contributed by atoms with Crippen molar-refractivity contribution < 1.29 is 15.0 Å². The first-order valence-electron chi connectivity index (χ1n) is 4.61. The van der Waals surface area contributed by atoms with Gasteiger partial charge in [0.25, 0.3) is 0 Å². The van der Waals surface area contributed by atoms with E-state index >= 15 is 0 Å². The molecule has 0 aromatic carbocycles. The molecule has 1 aliphatic carbocycles. The van der Waals surface area contributed by atoms with Gasteiger partial charge in [0.2, 0.25) is 0 Å². The molecule has 2 atom stereocenters. The van der Waals surface area contributed by atoms with Crippen LogP contribution < -0.4 is 5.32 Å². The highest BCUT2D eigenvalue weighted by Crippen LogP contribution is 2.33. The molecule has 4 nitrogen and oxygen atoms in total. The van der Waals surface area contributed by atoms with Gasteiger partial charge in [-0.2, -0.15) is 0 Å². The highest BCUT2D eigenvalue weighted by atomic mass is 16.4. The largest absolute Gasteiger partial charge is 0.465 e. The number of hydrogen-bond acceptors (Lipinski definition) is 2. The second-order valence-corrected chi connectivity index (χ2v) is 4.31. The molecule has 1 rings (SSSR count). The highest BCUT2D eigenvalue weighted by Gasteiger charge is 2.34. The van der Waals surface area contributed by atoms with Crippen molar-refractivity contribution in [3.63, 3.8) is 0 Å². The van der Waals surface area contributed by atoms with Crippen LogP contribution in [0, 0.1) is 5.92 Å². The zero-order valence-electron chi connectivity index (χ0n) is 8.08. The Kier molecular flexibility index (Phi) is 2.81. The Balaban J connectivity index is 2.41. The van der Waals surface area contributed by atoms with E-state index in [0.717, 1.165) is 19.3 Å². The number of nitrogens with one attached hydrogen (secondary N) is 1. The van der Waals surface area contributed by atoms with Crippen LogP contribution in [0.3, 0.4) is 0 Å². The molecule has 4 heteroatoms. The molecule has 76 valence electrons. The second kappa shape index (κ2) is 3.54. The standard InChI is InChI=1S/C9H17NO3/c1-9(2,13)6-3-4-7(5-6)10-8(11)12/h6-7,10,13H,3-5H2,1-2H3,(H,11,12)/t6-,7-/m0/s1. The van der Waals surface area contributed by atoms with Gasteiger partial charge in [0.15, 0.2) is 0 Å². The molecule has 1 amide bonds. The number of amides is 1. The van der Waals surface area contributed by atoms with Gasteiger partial charge in [-0.25, -0.2) is 4.79 Å². The molecular formula is C9H17NO3. The zero-order valence-corrected chi connectivity index (χ0v) is 8.08. The van der Waals surface area contributed by atoms with Gasteiger partial charge in [0.1, 0.15) is 0 Å². The van der Waals surface area contributed by atoms with Gasteiger partial charge in [0, 0.05) is 6.04 Å². The van der Waals surface area contributed by atoms with Crippen LogP contribution >= 0.6 is 0 Å². The molecule has 0 spiro atoms. The molecule has 0 aromatic heterocycles. The van der Waals surface area contributed by atoms with Crippen LogP contribution in [0.15, 0.2) is 0 Å². The lowest BCUT2D eigenvalue weighted by molar-refractivity contribution is 0.0190. The maximum Gasteiger partial charge on any atom is 0.404 e. The fourth-order valence-electron chi connectivity index (χ4n) is 1.93. The molecule has 3 N–H and O–H groups in total. The third kappa shape index (κ3) is 2.88. The van der Waals surface area contributed by atoms with E-state index in [2.05, 4.69) is 5.32 Å². The van der Waals surface area contributed by atoms with Crippen LogP contribution in [0.2, 0.25) is 0 Å². The monoisotopic (exact) mass is 187 g/mol. The summed E-state index contributed by atoms with van der Waals surface area (Å²) in [6.07, 6.45) is 1.51. The summed E-state index contributed by atoms with van der Waals surface area (Å²) in [6, 6.07) is 0.0222. The van der Waals surface area contributed by atoms with Crippen LogP contribution in [0.4, 0.5) is 4.79 Å². The normalized spacial score (nSPS) is 28.8. The van der Waals surface area contributed by atoms with Crippen molar-refractivity contribution in [3.8, 4) is 0 Å². The van der Waals surface area contributed by atoms with Gasteiger partial charge in [-0.05, 0) is 39.0 Å². The van der Waals surface area contributed by atoms with Crippen LogP contribution in [-0.2, 0) is 0 Å². The lowest BCUT2D eigenvalue weighted by Crippen LogP contribution is -2.34. The van der Waals surface area contributed by atoms with Gasteiger partial charge in [0.05, 0.1) is 5.60 Å². The quantitative estimate of drug-likeness (QED) is 0.608. The van der Waals surface area contributed by atoms with Crippen molar-refractivity contribution in [3.05, 3.63) is 0 Å². The Bertz CT molecular complexity index is 198. The molecule has 1 fully saturated rings. The first kappa shape index (κ1) is 10.3. The third-order valence-electron chi connectivity index (χ3n) is 2.76. The van der Waals surface area contributed by atoms with E-state index in [0.29, 0.717) is 0 Å². The minimum absolute atomic E-state index is 0.0222. The molecule has 0 aromatic rings. The van der Waals surface area contributed by atoms with E-state index in [9.17, 15) is 9.90 Å². The van der Waals surface area contributed by atoms with Gasteiger partial charge < -0.3 is 15.5 Å². The average Bonchev–Trinajstić information content (AvgIpc) is 2.32. The van der Waals surface area contributed by atoms with Crippen molar-refractivity contribution in [2.45, 2.75) is 44.8 Å². The number of hydrogen-bond donors (Lipinski definition) is 3. The first-order valence-corrected chi connectivity index (χ1v) is 4.61. The fourth-order valence-corrected chi connectivity index (χ4v) is 1.93. The Hall–Kier alpha value is -0.770. The molecule has 0 saturated heterocycles. The van der Waals surface area contributed by atoms with Crippen molar-refractivity contribution in [1.29, 1.82) is 0 Å². The maximum absolute atomic E-state index is 10.3. The summed E-state index contributed by atoms with van der Waals surface area (Å²) in [4.78, 5) is 10.3. The molecule has 0 heterocycles. The van der Waals surface area contributed by atoms with E-state index in [1.165, 1.54) is 0 Å². The van der Waals surface area contributed by atoms with Crippen LogP contribution in [0.5, 0.6) is 0 Å². The predicted octanol–water partition coefficient (Wildman–Crippen LogP) is 1.19. The average molecular weight is 187 g/mol. The minimum atomic E-state index is -0.971. The Morgan fingerprint density at radius 3 is 2.46 bits per heavy atom. The van der Waals surface area contributed by atoms with Crippen LogP contribution in [0.1, 0.15) is 33.1 Å². The summed E-state index contributed by atoms with van der Waals surface area (Å²) in [7, 11) is 0. The predicted molar refractivity (Wildman–Crippen MR) is 48.6 cm³/mol. The molecule has 0 radical (unpaired) electrons. The lowest BCUT2D eigenvalue weighted by atomic mass is 9.90. The van der Waals surface area contributed by atoms with E-state index in [-0.39, 0.29) is 12.0 Å². The van der Waals surface area contributed by atoms with Gasteiger partial charge in [-0.15, -0.1) is 0 Å². The topological polar surface area (TPSA) is 69.6 Å². The number of aliphatic hydroxyl groups is 1. The third-order valence-corrected chi connectivity index (χ3v) is 2.76. The highest BCUT2D eigenvalue weighted by molar-refractivity contribution is 5.64. The summed E-state index contributed by atoms with van der Waals surface area (Å²) in [5.74, 6) is 0.212. The van der Waals surface area contributed by atoms with Gasteiger partial charge in [-0.3, -0.25) is 0 Å². The summed E-state index contributed by atoms with van der Waals surface area (Å²) in [5, 5.41) is 20.6. The van der Waals surface area contributed by atoms with E-state index in [4.69, 9.17) is 5.11 Å². The van der Waals surface area contributed by atoms with E-state index in [1.54, 1.807) is 13.8 Å². The molecule has 0 aliphatic heterocycles. The van der Waals surface area contributed by atoms with Gasteiger partial charge in [-0.1, -0.05) is 0 Å². The van der Waals surface area contributed by atoms with Crippen molar-refractivity contribution in [2.75, 3.05) is 0 Å². The van der Waals surface area contributed by atoms with E-state index in [1.807, 2.05) is 0 Å². The molecule has 1 aliphatic rings. The van der Waals surface area contributed by atoms with Gasteiger partial charge >= 0.3 is 6.09 Å². The Labute approximate surface area is 78.0 Å². The van der Waals surface area contributed by atoms with E-state index < -0.39 is 11.7 Å². The van der Waals surface area contributed by atoms with Crippen LogP contribution in [0.25, 0.3) is 0 Å². The Morgan fingerprint density at radius 2 is 2.08 bits per heavy atom. The summed E-state index contributed by atoms with van der Waals surface area (Å²) in [5.41, 5.74) is -0.686. The number of rotatable bonds is 2. The maximum atomic E-state index is 10.3. The number of carboxylic acid groups (broad SMARTS) is 1. The summed E-state index contributed by atoms with van der Waals surface area (Å²) < 4.78 is 0. The lowest BCUT2D eigenvalue weighted by Gasteiger charge is -2.25. The number of carbonyl (C=O) groups is 1. The molecular weight excluding hydrogens is 170 g/mol. The summed E-state index contributed by atoms with van der Waals surface area (Å²) in [6.45, 7) is 3.56. The summed E-state index contributed by atoms with van der Waals surface area (Å²) >= 11 is 0. The zero-order chi connectivity index (χ0) is 10.1. The first-order chi connectivity index (χ1) is 5.89. The minimum Gasteiger partial charge on any atom is -0.465 e. The molecule has 0 unspecified atom stereocenters. The van der Waals surface area contributed by atoms with Crippen molar-refractivity contribution >= 4 is 6.09 Å². The SMILES string of the molecule is CC(C)(O)[C@H]1CC[C@H](NC(=O)O)C1. The van der Waals surface area contributed by atoms with Crippen molar-refractivity contribution in [2.24, 2.45) is 5.92 Å². The fraction of sp³-hybridized carbons (Fsp3) is 0.889. The van der Waals surface area contributed by atoms with Crippen LogP contribution in [-0.4, -0.2) is 27.9 Å². The smallest absolute Gasteiger partial charge is 0.404 e. The molecule has 0 bridgehead atoms. The molecule has 13 heavy (non-hydrogen) atoms.